The normalized spacial score (nSPS) is 21.6. The van der Waals surface area contributed by atoms with Crippen molar-refractivity contribution in [2.45, 2.75) is 51.5 Å². The number of amides is 2. The highest BCUT2D eigenvalue weighted by molar-refractivity contribution is 6.06. The minimum atomic E-state index is -0.410. The van der Waals surface area contributed by atoms with Crippen LogP contribution in [0.2, 0.25) is 0 Å². The molecule has 0 radical (unpaired) electrons. The van der Waals surface area contributed by atoms with Crippen molar-refractivity contribution in [3.8, 4) is 6.07 Å². The lowest BCUT2D eigenvalue weighted by Gasteiger charge is -2.39. The molecule has 4 rings (SSSR count). The lowest BCUT2D eigenvalue weighted by molar-refractivity contribution is -0.136. The molecule has 1 N–H and O–H groups in total. The number of nitrogens with zero attached hydrogens (tertiary/aromatic N) is 7. The average molecular weight is 505 g/mol. The first-order valence-corrected chi connectivity index (χ1v) is 12.7. The molecule has 1 aromatic rings. The number of hydrazone groups is 2. The summed E-state index contributed by atoms with van der Waals surface area (Å²) in [6, 6.07) is 9.38. The van der Waals surface area contributed by atoms with E-state index in [1.165, 1.54) is 24.3 Å². The van der Waals surface area contributed by atoms with E-state index < -0.39 is 6.09 Å². The maximum absolute atomic E-state index is 12.7. The predicted molar refractivity (Wildman–Crippen MR) is 138 cm³/mol. The zero-order chi connectivity index (χ0) is 26.2. The molecule has 11 nitrogen and oxygen atoms in total. The van der Waals surface area contributed by atoms with Gasteiger partial charge >= 0.3 is 11.9 Å². The number of rotatable bonds is 6. The van der Waals surface area contributed by atoms with E-state index in [1.54, 1.807) is 23.1 Å². The van der Waals surface area contributed by atoms with Crippen molar-refractivity contribution in [1.29, 1.82) is 5.26 Å². The van der Waals surface area contributed by atoms with Gasteiger partial charge in [-0.1, -0.05) is 32.0 Å². The van der Waals surface area contributed by atoms with Gasteiger partial charge in [0, 0.05) is 31.5 Å². The Morgan fingerprint density at radius 2 is 1.92 bits per heavy atom. The van der Waals surface area contributed by atoms with E-state index in [1.807, 2.05) is 19.1 Å². The third-order valence-corrected chi connectivity index (χ3v) is 7.08. The van der Waals surface area contributed by atoms with Crippen molar-refractivity contribution in [2.24, 2.45) is 16.1 Å². The van der Waals surface area contributed by atoms with E-state index in [9.17, 15) is 9.59 Å². The van der Waals surface area contributed by atoms with Gasteiger partial charge in [-0.05, 0) is 61.6 Å². The highest BCUT2D eigenvalue weighted by Gasteiger charge is 2.31. The molecule has 2 fully saturated rings. The first kappa shape index (κ1) is 26.1. The Morgan fingerprint density at radius 3 is 2.57 bits per heavy atom. The van der Waals surface area contributed by atoms with Crippen LogP contribution in [0, 0.1) is 23.8 Å². The van der Waals surface area contributed by atoms with Crippen molar-refractivity contribution < 1.29 is 14.3 Å². The Balaban J connectivity index is 1.32. The van der Waals surface area contributed by atoms with Crippen molar-refractivity contribution in [2.75, 3.05) is 38.3 Å². The summed E-state index contributed by atoms with van der Waals surface area (Å²) < 4.78 is 5.48. The van der Waals surface area contributed by atoms with Crippen LogP contribution in [-0.2, 0) is 9.53 Å². The molecule has 1 atom stereocenters. The van der Waals surface area contributed by atoms with Gasteiger partial charge in [0.25, 0.3) is 0 Å². The Morgan fingerprint density at radius 1 is 1.22 bits per heavy atom. The van der Waals surface area contributed by atoms with E-state index in [2.05, 4.69) is 25.4 Å². The minimum Gasteiger partial charge on any atom is -0.426 e. The van der Waals surface area contributed by atoms with Crippen LogP contribution in [-0.4, -0.2) is 77.3 Å². The van der Waals surface area contributed by atoms with Gasteiger partial charge in [0.2, 0.25) is 5.91 Å². The molecule has 0 unspecified atom stereocenters. The Labute approximate surface area is 217 Å². The first-order chi connectivity index (χ1) is 18.0. The monoisotopic (exact) mass is 504 g/mol. The molecule has 0 saturated carbocycles. The van der Waals surface area contributed by atoms with E-state index >= 15 is 0 Å². The number of carbonyl (C=O) groups is 2. The fourth-order valence-corrected chi connectivity index (χ4v) is 5.00. The van der Waals surface area contributed by atoms with Crippen molar-refractivity contribution >= 4 is 29.2 Å². The molecular formula is C26H32N8O3. The third kappa shape index (κ3) is 6.63. The van der Waals surface area contributed by atoms with Crippen LogP contribution in [0.3, 0.4) is 0 Å². The zero-order valence-corrected chi connectivity index (χ0v) is 21.1. The number of anilines is 1. The van der Waals surface area contributed by atoms with Crippen LogP contribution >= 0.6 is 0 Å². The molecule has 194 valence electrons. The number of hydrogen-bond acceptors (Lipinski definition) is 8. The van der Waals surface area contributed by atoms with Crippen molar-refractivity contribution in [1.82, 2.24) is 14.8 Å². The second kappa shape index (κ2) is 12.3. The van der Waals surface area contributed by atoms with E-state index in [0.29, 0.717) is 30.5 Å². The molecule has 3 aliphatic heterocycles. The summed E-state index contributed by atoms with van der Waals surface area (Å²) in [5.74, 6) is -0.578. The lowest BCUT2D eigenvalue weighted by Crippen LogP contribution is -2.48. The summed E-state index contributed by atoms with van der Waals surface area (Å²) in [4.78, 5) is 32.5. The molecule has 3 aliphatic rings. The molecule has 0 aliphatic carbocycles. The fraction of sp³-hybridized carbons (Fsp3) is 0.538. The fourth-order valence-electron chi connectivity index (χ4n) is 5.00. The summed E-state index contributed by atoms with van der Waals surface area (Å²) >= 11 is 0. The molecule has 1 aromatic carbocycles. The SMILES string of the molecule is [C-]#[N+]/C(C#N)=N/Nc1ccc(C2=NN(COC(=O)N3CCC(N4CCCCC4)CC3)C(=O)C[C@H]2C)cc1. The van der Waals surface area contributed by atoms with Crippen LogP contribution in [0.25, 0.3) is 4.85 Å². The molecule has 37 heavy (non-hydrogen) atoms. The number of carbonyl (C=O) groups excluding carboxylic acids is 2. The Kier molecular flexibility index (Phi) is 8.70. The molecule has 11 heteroatoms. The van der Waals surface area contributed by atoms with E-state index in [4.69, 9.17) is 16.6 Å². The van der Waals surface area contributed by atoms with Gasteiger partial charge in [-0.15, -0.1) is 0 Å². The summed E-state index contributed by atoms with van der Waals surface area (Å²) in [5, 5.41) is 18.2. The van der Waals surface area contributed by atoms with E-state index in [-0.39, 0.29) is 30.8 Å². The number of piperidine rings is 2. The number of benzene rings is 1. The minimum absolute atomic E-state index is 0.0996. The second-order valence-corrected chi connectivity index (χ2v) is 9.59. The largest absolute Gasteiger partial charge is 0.426 e. The molecule has 2 saturated heterocycles. The van der Waals surface area contributed by atoms with E-state index in [0.717, 1.165) is 31.5 Å². The Hall–Kier alpha value is -3.96. The van der Waals surface area contributed by atoms with Gasteiger partial charge in [-0.3, -0.25) is 4.79 Å². The molecule has 0 spiro atoms. The highest BCUT2D eigenvalue weighted by atomic mass is 16.6. The number of likely N-dealkylation sites (tertiary alicyclic amines) is 2. The van der Waals surface area contributed by atoms with Crippen molar-refractivity contribution in [3.05, 3.63) is 41.2 Å². The number of hydrogen-bond donors (Lipinski definition) is 1. The van der Waals surface area contributed by atoms with Gasteiger partial charge in [-0.2, -0.15) is 10.1 Å². The number of ether oxygens (including phenoxy) is 1. The summed E-state index contributed by atoms with van der Waals surface area (Å²) in [6.45, 7) is 12.2. The van der Waals surface area contributed by atoms with Crippen LogP contribution in [0.1, 0.15) is 51.0 Å². The topological polar surface area (TPSA) is 118 Å². The lowest BCUT2D eigenvalue weighted by atomic mass is 9.94. The average Bonchev–Trinajstić information content (AvgIpc) is 2.94. The zero-order valence-electron chi connectivity index (χ0n) is 21.1. The predicted octanol–water partition coefficient (Wildman–Crippen LogP) is 3.47. The van der Waals surface area contributed by atoms with Crippen LogP contribution in [0.5, 0.6) is 0 Å². The third-order valence-electron chi connectivity index (χ3n) is 7.08. The van der Waals surface area contributed by atoms with Crippen LogP contribution < -0.4 is 5.43 Å². The second-order valence-electron chi connectivity index (χ2n) is 9.59. The smallest absolute Gasteiger partial charge is 0.411 e. The molecule has 3 heterocycles. The number of nitrogens with one attached hydrogen (secondary N) is 1. The van der Waals surface area contributed by atoms with Gasteiger partial charge in [0.1, 0.15) is 6.07 Å². The highest BCUT2D eigenvalue weighted by Crippen LogP contribution is 2.23. The number of nitriles is 1. The molecule has 0 aromatic heterocycles. The number of amidine groups is 1. The maximum atomic E-state index is 12.7. The van der Waals surface area contributed by atoms with Gasteiger partial charge in [0.15, 0.2) is 6.73 Å². The molecule has 2 amide bonds. The van der Waals surface area contributed by atoms with Gasteiger partial charge in [0.05, 0.1) is 11.4 Å². The summed E-state index contributed by atoms with van der Waals surface area (Å²) in [6.07, 6.45) is 5.58. The summed E-state index contributed by atoms with van der Waals surface area (Å²) in [5.41, 5.74) is 4.81. The van der Waals surface area contributed by atoms with Crippen LogP contribution in [0.15, 0.2) is 34.5 Å². The Bertz CT molecular complexity index is 1100. The molecular weight excluding hydrogens is 472 g/mol. The van der Waals surface area contributed by atoms with Gasteiger partial charge < -0.3 is 19.4 Å². The van der Waals surface area contributed by atoms with Gasteiger partial charge in [-0.25, -0.2) is 15.5 Å². The molecule has 0 bridgehead atoms. The quantitative estimate of drug-likeness (QED) is 0.274. The van der Waals surface area contributed by atoms with Crippen molar-refractivity contribution in [3.63, 3.8) is 0 Å². The van der Waals surface area contributed by atoms with Crippen LogP contribution in [0.4, 0.5) is 10.5 Å². The standard InChI is InChI=1S/C26H32N8O3/c1-19-16-24(35)34(31-25(19)20-6-8-21(9-7-20)29-30-23(17-27)28-2)18-37-26(36)33-14-10-22(11-15-33)32-12-4-3-5-13-32/h6-9,19,22,29H,3-5,10-16,18H2,1H3/b30-23+/t19-/m1/s1. The first-order valence-electron chi connectivity index (χ1n) is 12.7. The summed E-state index contributed by atoms with van der Waals surface area (Å²) in [7, 11) is 0. The maximum Gasteiger partial charge on any atom is 0.411 e.